The molecule has 1 heterocycles. The van der Waals surface area contributed by atoms with Crippen LogP contribution in [0.15, 0.2) is 30.3 Å². The second kappa shape index (κ2) is 6.25. The number of para-hydroxylation sites is 1. The highest BCUT2D eigenvalue weighted by Crippen LogP contribution is 2.13. The number of hydrogen-bond donors (Lipinski definition) is 1. The molecule has 0 bridgehead atoms. The summed E-state index contributed by atoms with van der Waals surface area (Å²) in [6.45, 7) is 1.10. The average molecular weight is 235 g/mol. The van der Waals surface area contributed by atoms with E-state index in [4.69, 9.17) is 9.47 Å². The molecule has 4 heteroatoms. The van der Waals surface area contributed by atoms with Crippen molar-refractivity contribution in [2.75, 3.05) is 18.5 Å². The lowest BCUT2D eigenvalue weighted by atomic mass is 10.1. The molecule has 0 radical (unpaired) electrons. The number of rotatable bonds is 3. The van der Waals surface area contributed by atoms with Crippen molar-refractivity contribution in [2.24, 2.45) is 0 Å². The van der Waals surface area contributed by atoms with Crippen LogP contribution in [0, 0.1) is 0 Å². The summed E-state index contributed by atoms with van der Waals surface area (Å²) in [6.07, 6.45) is 2.86. The van der Waals surface area contributed by atoms with Gasteiger partial charge in [-0.1, -0.05) is 18.2 Å². The lowest BCUT2D eigenvalue weighted by molar-refractivity contribution is -0.0203. The molecule has 4 nitrogen and oxygen atoms in total. The maximum Gasteiger partial charge on any atom is 0.411 e. The van der Waals surface area contributed by atoms with E-state index >= 15 is 0 Å². The quantitative estimate of drug-likeness (QED) is 0.876. The lowest BCUT2D eigenvalue weighted by Crippen LogP contribution is -2.27. The van der Waals surface area contributed by atoms with E-state index in [9.17, 15) is 4.79 Å². The number of amides is 1. The van der Waals surface area contributed by atoms with Crippen LogP contribution in [-0.4, -0.2) is 25.4 Å². The molecule has 0 aromatic heterocycles. The minimum atomic E-state index is -0.426. The van der Waals surface area contributed by atoms with Gasteiger partial charge in [-0.15, -0.1) is 0 Å². The molecule has 1 saturated heterocycles. The molecule has 1 aliphatic heterocycles. The van der Waals surface area contributed by atoms with Crippen LogP contribution < -0.4 is 5.32 Å². The van der Waals surface area contributed by atoms with E-state index in [1.54, 1.807) is 0 Å². The Kier molecular flexibility index (Phi) is 4.38. The van der Waals surface area contributed by atoms with Crippen LogP contribution >= 0.6 is 0 Å². The van der Waals surface area contributed by atoms with E-state index in [0.717, 1.165) is 31.6 Å². The number of anilines is 1. The molecule has 1 fully saturated rings. The average Bonchev–Trinajstić information content (AvgIpc) is 2.39. The van der Waals surface area contributed by atoms with E-state index in [0.29, 0.717) is 6.61 Å². The van der Waals surface area contributed by atoms with Crippen LogP contribution in [0.1, 0.15) is 19.3 Å². The van der Waals surface area contributed by atoms with Gasteiger partial charge in [-0.05, 0) is 31.4 Å². The molecule has 0 unspecified atom stereocenters. The van der Waals surface area contributed by atoms with Crippen molar-refractivity contribution in [3.05, 3.63) is 30.3 Å². The fraction of sp³-hybridized carbons (Fsp3) is 0.462. The second-order valence-corrected chi connectivity index (χ2v) is 4.08. The van der Waals surface area contributed by atoms with Crippen molar-refractivity contribution < 1.29 is 14.3 Å². The standard InChI is InChI=1S/C13H17NO3/c15-13(14-11-6-2-1-3-7-11)17-10-12-8-4-5-9-16-12/h1-3,6-7,12H,4-5,8-10H2,(H,14,15)/t12-/m1/s1. The molecular formula is C13H17NO3. The molecule has 1 aromatic rings. The van der Waals surface area contributed by atoms with Crippen molar-refractivity contribution in [1.82, 2.24) is 0 Å². The second-order valence-electron chi connectivity index (χ2n) is 4.08. The monoisotopic (exact) mass is 235 g/mol. The molecule has 1 amide bonds. The molecule has 1 aliphatic rings. The Bertz CT molecular complexity index is 347. The topological polar surface area (TPSA) is 47.6 Å². The zero-order chi connectivity index (χ0) is 11.9. The number of nitrogens with one attached hydrogen (secondary N) is 1. The van der Waals surface area contributed by atoms with E-state index < -0.39 is 6.09 Å². The van der Waals surface area contributed by atoms with Crippen LogP contribution in [0.2, 0.25) is 0 Å². The Morgan fingerprint density at radius 1 is 1.35 bits per heavy atom. The van der Waals surface area contributed by atoms with Gasteiger partial charge in [0.15, 0.2) is 0 Å². The van der Waals surface area contributed by atoms with Crippen LogP contribution in [0.4, 0.5) is 10.5 Å². The van der Waals surface area contributed by atoms with Gasteiger partial charge in [0.2, 0.25) is 0 Å². The molecule has 1 N–H and O–H groups in total. The van der Waals surface area contributed by atoms with E-state index in [1.807, 2.05) is 30.3 Å². The van der Waals surface area contributed by atoms with E-state index in [1.165, 1.54) is 0 Å². The molecule has 92 valence electrons. The molecular weight excluding hydrogens is 218 g/mol. The van der Waals surface area contributed by atoms with Gasteiger partial charge in [-0.2, -0.15) is 0 Å². The fourth-order valence-corrected chi connectivity index (χ4v) is 1.78. The first-order valence-electron chi connectivity index (χ1n) is 5.95. The Morgan fingerprint density at radius 3 is 2.88 bits per heavy atom. The highest BCUT2D eigenvalue weighted by atomic mass is 16.6. The van der Waals surface area contributed by atoms with Gasteiger partial charge in [0, 0.05) is 12.3 Å². The highest BCUT2D eigenvalue weighted by molar-refractivity contribution is 5.84. The minimum Gasteiger partial charge on any atom is -0.447 e. The van der Waals surface area contributed by atoms with Crippen molar-refractivity contribution in [3.8, 4) is 0 Å². The van der Waals surface area contributed by atoms with Crippen LogP contribution in [-0.2, 0) is 9.47 Å². The van der Waals surface area contributed by atoms with E-state index in [2.05, 4.69) is 5.32 Å². The molecule has 0 aliphatic carbocycles. The third kappa shape index (κ3) is 4.07. The smallest absolute Gasteiger partial charge is 0.411 e. The van der Waals surface area contributed by atoms with Crippen molar-refractivity contribution >= 4 is 11.8 Å². The van der Waals surface area contributed by atoms with Gasteiger partial charge in [-0.25, -0.2) is 4.79 Å². The predicted octanol–water partition coefficient (Wildman–Crippen LogP) is 2.80. The molecule has 0 saturated carbocycles. The normalized spacial score (nSPS) is 19.6. The van der Waals surface area contributed by atoms with Crippen molar-refractivity contribution in [1.29, 1.82) is 0 Å². The van der Waals surface area contributed by atoms with Gasteiger partial charge in [0.25, 0.3) is 0 Å². The number of hydrogen-bond acceptors (Lipinski definition) is 3. The predicted molar refractivity (Wildman–Crippen MR) is 65.0 cm³/mol. The highest BCUT2D eigenvalue weighted by Gasteiger charge is 2.15. The summed E-state index contributed by atoms with van der Waals surface area (Å²) >= 11 is 0. The Hall–Kier alpha value is -1.55. The Balaban J connectivity index is 1.70. The lowest BCUT2D eigenvalue weighted by Gasteiger charge is -2.22. The van der Waals surface area contributed by atoms with Gasteiger partial charge in [0.1, 0.15) is 6.61 Å². The zero-order valence-electron chi connectivity index (χ0n) is 9.72. The van der Waals surface area contributed by atoms with Gasteiger partial charge in [0.05, 0.1) is 6.10 Å². The van der Waals surface area contributed by atoms with Crippen molar-refractivity contribution in [3.63, 3.8) is 0 Å². The van der Waals surface area contributed by atoms with Crippen molar-refractivity contribution in [2.45, 2.75) is 25.4 Å². The Labute approximate surface area is 101 Å². The maximum absolute atomic E-state index is 11.5. The first-order chi connectivity index (χ1) is 8.34. The summed E-state index contributed by atoms with van der Waals surface area (Å²) in [4.78, 5) is 11.5. The summed E-state index contributed by atoms with van der Waals surface area (Å²) in [5.41, 5.74) is 0.738. The third-order valence-corrected chi connectivity index (χ3v) is 2.69. The minimum absolute atomic E-state index is 0.0604. The van der Waals surface area contributed by atoms with Gasteiger partial charge in [-0.3, -0.25) is 5.32 Å². The molecule has 2 rings (SSSR count). The molecule has 17 heavy (non-hydrogen) atoms. The largest absolute Gasteiger partial charge is 0.447 e. The molecule has 0 spiro atoms. The van der Waals surface area contributed by atoms with E-state index in [-0.39, 0.29) is 6.10 Å². The summed E-state index contributed by atoms with van der Waals surface area (Å²) < 4.78 is 10.6. The molecule has 1 atom stereocenters. The Morgan fingerprint density at radius 2 is 2.18 bits per heavy atom. The number of ether oxygens (including phenoxy) is 2. The SMILES string of the molecule is O=C(Nc1ccccc1)OC[C@H]1CCCCO1. The first-order valence-corrected chi connectivity index (χ1v) is 5.95. The number of benzene rings is 1. The van der Waals surface area contributed by atoms with Gasteiger partial charge < -0.3 is 9.47 Å². The summed E-state index contributed by atoms with van der Waals surface area (Å²) in [5.74, 6) is 0. The van der Waals surface area contributed by atoms with Gasteiger partial charge >= 0.3 is 6.09 Å². The zero-order valence-corrected chi connectivity index (χ0v) is 9.72. The van der Waals surface area contributed by atoms with Crippen LogP contribution in [0.25, 0.3) is 0 Å². The van der Waals surface area contributed by atoms with Crippen LogP contribution in [0.5, 0.6) is 0 Å². The molecule has 1 aromatic carbocycles. The summed E-state index contributed by atoms with van der Waals surface area (Å²) in [5, 5.41) is 2.66. The third-order valence-electron chi connectivity index (χ3n) is 2.69. The van der Waals surface area contributed by atoms with Crippen LogP contribution in [0.3, 0.4) is 0 Å². The fourth-order valence-electron chi connectivity index (χ4n) is 1.78. The summed E-state index contributed by atoms with van der Waals surface area (Å²) in [7, 11) is 0. The summed E-state index contributed by atoms with van der Waals surface area (Å²) in [6, 6.07) is 9.25. The number of carbonyl (C=O) groups excluding carboxylic acids is 1. The number of carbonyl (C=O) groups is 1. The first kappa shape index (κ1) is 11.9. The maximum atomic E-state index is 11.5.